The van der Waals surface area contributed by atoms with E-state index in [1.165, 1.54) is 0 Å². The second-order valence-corrected chi connectivity index (χ2v) is 6.44. The SMILES string of the molecule is CCCN(Cc1ccc(C#N)cc1)C(=O)c1ccc(Cn2cccn2)cc1. The molecule has 0 aliphatic rings. The van der Waals surface area contributed by atoms with Crippen molar-refractivity contribution < 1.29 is 4.79 Å². The molecule has 1 amide bonds. The Morgan fingerprint density at radius 1 is 1.11 bits per heavy atom. The van der Waals surface area contributed by atoms with Gasteiger partial charge in [0.2, 0.25) is 0 Å². The minimum atomic E-state index is 0.0202. The Labute approximate surface area is 159 Å². The monoisotopic (exact) mass is 358 g/mol. The lowest BCUT2D eigenvalue weighted by Crippen LogP contribution is -2.31. The number of rotatable bonds is 7. The largest absolute Gasteiger partial charge is 0.334 e. The zero-order valence-electron chi connectivity index (χ0n) is 15.4. The minimum Gasteiger partial charge on any atom is -0.334 e. The van der Waals surface area contributed by atoms with Crippen LogP contribution in [0.3, 0.4) is 0 Å². The van der Waals surface area contributed by atoms with Gasteiger partial charge < -0.3 is 4.90 Å². The molecule has 1 aromatic heterocycles. The lowest BCUT2D eigenvalue weighted by molar-refractivity contribution is 0.0743. The summed E-state index contributed by atoms with van der Waals surface area (Å²) in [6, 6.07) is 19.1. The molecule has 27 heavy (non-hydrogen) atoms. The Kier molecular flexibility index (Phi) is 6.01. The van der Waals surface area contributed by atoms with E-state index in [4.69, 9.17) is 5.26 Å². The van der Waals surface area contributed by atoms with Crippen molar-refractivity contribution in [1.82, 2.24) is 14.7 Å². The lowest BCUT2D eigenvalue weighted by atomic mass is 10.1. The van der Waals surface area contributed by atoms with Crippen molar-refractivity contribution in [2.75, 3.05) is 6.54 Å². The van der Waals surface area contributed by atoms with Gasteiger partial charge in [-0.3, -0.25) is 9.48 Å². The predicted octanol–water partition coefficient (Wildman–Crippen LogP) is 3.86. The van der Waals surface area contributed by atoms with E-state index in [-0.39, 0.29) is 5.91 Å². The zero-order valence-corrected chi connectivity index (χ0v) is 15.4. The fourth-order valence-corrected chi connectivity index (χ4v) is 2.94. The molecule has 0 bridgehead atoms. The molecule has 3 rings (SSSR count). The molecule has 0 saturated heterocycles. The third-order valence-electron chi connectivity index (χ3n) is 4.34. The summed E-state index contributed by atoms with van der Waals surface area (Å²) in [5.74, 6) is 0.0202. The van der Waals surface area contributed by atoms with Gasteiger partial charge in [0.05, 0.1) is 18.2 Å². The molecular weight excluding hydrogens is 336 g/mol. The van der Waals surface area contributed by atoms with Crippen LogP contribution in [0.15, 0.2) is 67.0 Å². The summed E-state index contributed by atoms with van der Waals surface area (Å²) in [6.07, 6.45) is 4.56. The van der Waals surface area contributed by atoms with Crippen LogP contribution in [0, 0.1) is 11.3 Å². The molecule has 0 spiro atoms. The van der Waals surface area contributed by atoms with Gasteiger partial charge in [0.25, 0.3) is 5.91 Å². The van der Waals surface area contributed by atoms with Crippen molar-refractivity contribution >= 4 is 5.91 Å². The number of hydrogen-bond donors (Lipinski definition) is 0. The normalized spacial score (nSPS) is 10.4. The molecule has 0 N–H and O–H groups in total. The van der Waals surface area contributed by atoms with Gasteiger partial charge in [-0.05, 0) is 47.9 Å². The molecular formula is C22H22N4O. The van der Waals surface area contributed by atoms with Crippen LogP contribution in [0.25, 0.3) is 0 Å². The molecule has 1 heterocycles. The summed E-state index contributed by atoms with van der Waals surface area (Å²) < 4.78 is 1.85. The Hall–Kier alpha value is -3.39. The van der Waals surface area contributed by atoms with Gasteiger partial charge in [-0.1, -0.05) is 31.2 Å². The molecule has 0 atom stereocenters. The van der Waals surface area contributed by atoms with Crippen molar-refractivity contribution in [2.45, 2.75) is 26.4 Å². The Morgan fingerprint density at radius 2 is 1.81 bits per heavy atom. The molecule has 5 heteroatoms. The van der Waals surface area contributed by atoms with E-state index in [9.17, 15) is 4.79 Å². The number of amides is 1. The summed E-state index contributed by atoms with van der Waals surface area (Å²) in [4.78, 5) is 14.8. The van der Waals surface area contributed by atoms with Crippen LogP contribution in [-0.2, 0) is 13.1 Å². The molecule has 2 aromatic carbocycles. The average molecular weight is 358 g/mol. The van der Waals surface area contributed by atoms with Crippen LogP contribution in [0.5, 0.6) is 0 Å². The molecule has 0 unspecified atom stereocenters. The summed E-state index contributed by atoms with van der Waals surface area (Å²) >= 11 is 0. The first kappa shape index (κ1) is 18.4. The van der Waals surface area contributed by atoms with E-state index in [2.05, 4.69) is 18.1 Å². The van der Waals surface area contributed by atoms with E-state index in [0.717, 1.165) is 17.5 Å². The number of carbonyl (C=O) groups is 1. The fraction of sp³-hybridized carbons (Fsp3) is 0.227. The van der Waals surface area contributed by atoms with Gasteiger partial charge in [0.15, 0.2) is 0 Å². The summed E-state index contributed by atoms with van der Waals surface area (Å²) in [5, 5.41) is 13.1. The standard InChI is InChI=1S/C22H22N4O/c1-2-13-25(16-19-6-4-18(15-23)5-7-19)22(27)21-10-8-20(9-11-21)17-26-14-3-12-24-26/h3-12,14H,2,13,16-17H2,1H3. The summed E-state index contributed by atoms with van der Waals surface area (Å²) in [6.45, 7) is 3.97. The number of benzene rings is 2. The van der Waals surface area contributed by atoms with Crippen molar-refractivity contribution in [3.63, 3.8) is 0 Å². The van der Waals surface area contributed by atoms with Crippen LogP contribution in [0.2, 0.25) is 0 Å². The van der Waals surface area contributed by atoms with Crippen LogP contribution >= 0.6 is 0 Å². The molecule has 5 nitrogen and oxygen atoms in total. The number of nitrogens with zero attached hydrogens (tertiary/aromatic N) is 4. The number of nitriles is 1. The molecule has 0 radical (unpaired) electrons. The highest BCUT2D eigenvalue weighted by atomic mass is 16.2. The smallest absolute Gasteiger partial charge is 0.254 e. The maximum atomic E-state index is 12.9. The number of hydrogen-bond acceptors (Lipinski definition) is 3. The molecule has 0 aliphatic carbocycles. The van der Waals surface area contributed by atoms with Crippen molar-refractivity contribution in [3.8, 4) is 6.07 Å². The van der Waals surface area contributed by atoms with Crippen molar-refractivity contribution in [1.29, 1.82) is 5.26 Å². The van der Waals surface area contributed by atoms with E-state index >= 15 is 0 Å². The third kappa shape index (κ3) is 4.83. The lowest BCUT2D eigenvalue weighted by Gasteiger charge is -2.22. The highest BCUT2D eigenvalue weighted by molar-refractivity contribution is 5.94. The first-order valence-electron chi connectivity index (χ1n) is 9.04. The van der Waals surface area contributed by atoms with Gasteiger partial charge in [0, 0.05) is 31.0 Å². The third-order valence-corrected chi connectivity index (χ3v) is 4.34. The molecule has 0 saturated carbocycles. The Bertz CT molecular complexity index is 906. The van der Waals surface area contributed by atoms with Crippen LogP contribution in [0.4, 0.5) is 0 Å². The zero-order chi connectivity index (χ0) is 19.1. The van der Waals surface area contributed by atoms with Crippen LogP contribution in [0.1, 0.15) is 40.4 Å². The Morgan fingerprint density at radius 3 is 2.41 bits per heavy atom. The first-order chi connectivity index (χ1) is 13.2. The summed E-state index contributed by atoms with van der Waals surface area (Å²) in [7, 11) is 0. The van der Waals surface area contributed by atoms with Crippen molar-refractivity contribution in [3.05, 3.63) is 89.2 Å². The Balaban J connectivity index is 1.70. The second-order valence-electron chi connectivity index (χ2n) is 6.44. The maximum absolute atomic E-state index is 12.9. The van der Waals surface area contributed by atoms with E-state index in [1.807, 2.05) is 58.2 Å². The van der Waals surface area contributed by atoms with Crippen molar-refractivity contribution in [2.24, 2.45) is 0 Å². The predicted molar refractivity (Wildman–Crippen MR) is 104 cm³/mol. The van der Waals surface area contributed by atoms with Gasteiger partial charge in [-0.2, -0.15) is 10.4 Å². The van der Waals surface area contributed by atoms with Crippen LogP contribution in [-0.4, -0.2) is 27.1 Å². The summed E-state index contributed by atoms with van der Waals surface area (Å²) in [5.41, 5.74) is 3.43. The average Bonchev–Trinajstić information content (AvgIpc) is 3.21. The van der Waals surface area contributed by atoms with Gasteiger partial charge in [-0.15, -0.1) is 0 Å². The van der Waals surface area contributed by atoms with E-state index in [0.29, 0.717) is 30.8 Å². The van der Waals surface area contributed by atoms with Crippen LogP contribution < -0.4 is 0 Å². The molecule has 3 aromatic rings. The van der Waals surface area contributed by atoms with Gasteiger partial charge in [-0.25, -0.2) is 0 Å². The quantitative estimate of drug-likeness (QED) is 0.644. The van der Waals surface area contributed by atoms with Gasteiger partial charge >= 0.3 is 0 Å². The highest BCUT2D eigenvalue weighted by Gasteiger charge is 2.15. The van der Waals surface area contributed by atoms with E-state index in [1.54, 1.807) is 18.3 Å². The molecule has 136 valence electrons. The maximum Gasteiger partial charge on any atom is 0.254 e. The topological polar surface area (TPSA) is 61.9 Å². The fourth-order valence-electron chi connectivity index (χ4n) is 2.94. The number of aromatic nitrogens is 2. The highest BCUT2D eigenvalue weighted by Crippen LogP contribution is 2.13. The minimum absolute atomic E-state index is 0.0202. The molecule has 0 aliphatic heterocycles. The van der Waals surface area contributed by atoms with Gasteiger partial charge in [0.1, 0.15) is 0 Å². The first-order valence-corrected chi connectivity index (χ1v) is 9.04. The number of carbonyl (C=O) groups excluding carboxylic acids is 1. The second kappa shape index (κ2) is 8.81. The van der Waals surface area contributed by atoms with E-state index < -0.39 is 0 Å². The molecule has 0 fully saturated rings.